The van der Waals surface area contributed by atoms with E-state index in [1.807, 2.05) is 20.2 Å². The van der Waals surface area contributed by atoms with Crippen LogP contribution < -0.4 is 5.32 Å². The average Bonchev–Trinajstić information content (AvgIpc) is 2.99. The monoisotopic (exact) mass is 291 g/mol. The molecule has 0 radical (unpaired) electrons. The van der Waals surface area contributed by atoms with Crippen molar-refractivity contribution in [3.05, 3.63) is 29.8 Å². The van der Waals surface area contributed by atoms with E-state index in [1.165, 1.54) is 17.3 Å². The van der Waals surface area contributed by atoms with Crippen LogP contribution in [0.5, 0.6) is 0 Å². The highest BCUT2D eigenvalue weighted by molar-refractivity contribution is 6.28. The molecule has 0 fully saturated rings. The highest BCUT2D eigenvalue weighted by Gasteiger charge is 2.10. The smallest absolute Gasteiger partial charge is 0.258 e. The van der Waals surface area contributed by atoms with Crippen LogP contribution in [0.1, 0.15) is 5.69 Å². The number of aryl methyl sites for hydroxylation is 2. The van der Waals surface area contributed by atoms with E-state index >= 15 is 0 Å². The maximum atomic E-state index is 5.89. The molecule has 0 aliphatic carbocycles. The first-order chi connectivity index (χ1) is 9.61. The van der Waals surface area contributed by atoms with Crippen LogP contribution in [0.3, 0.4) is 0 Å². The molecule has 10 heteroatoms. The molecule has 0 saturated carbocycles. The molecular weight excluding hydrogens is 282 g/mol. The molecule has 0 bridgehead atoms. The Morgan fingerprint density at radius 3 is 2.75 bits per heavy atom. The number of anilines is 2. The summed E-state index contributed by atoms with van der Waals surface area (Å²) in [7, 11) is 1.83. The van der Waals surface area contributed by atoms with E-state index in [-0.39, 0.29) is 11.2 Å². The molecule has 0 aromatic carbocycles. The van der Waals surface area contributed by atoms with Crippen LogP contribution in [0.15, 0.2) is 18.9 Å². The minimum atomic E-state index is 0.0644. The van der Waals surface area contributed by atoms with E-state index in [4.69, 9.17) is 11.6 Å². The number of nitrogens with one attached hydrogen (secondary N) is 1. The van der Waals surface area contributed by atoms with Crippen LogP contribution in [0.25, 0.3) is 5.95 Å². The molecule has 3 aromatic rings. The Balaban J connectivity index is 1.96. The standard InChI is InChI=1S/C10H10ClN9/c1-6-7(3-19(2)18-6)14-9-15-8(11)16-10(17-9)20-5-12-4-13-20/h3-5H,1-2H3,(H,14,15,16,17). The van der Waals surface area contributed by atoms with Crippen LogP contribution in [0.4, 0.5) is 11.6 Å². The molecule has 0 atom stereocenters. The van der Waals surface area contributed by atoms with Gasteiger partial charge in [0.05, 0.1) is 11.4 Å². The van der Waals surface area contributed by atoms with Crippen LogP contribution in [-0.4, -0.2) is 39.5 Å². The lowest BCUT2D eigenvalue weighted by atomic mass is 10.4. The molecule has 9 nitrogen and oxygen atoms in total. The van der Waals surface area contributed by atoms with Gasteiger partial charge in [0.1, 0.15) is 12.7 Å². The Morgan fingerprint density at radius 1 is 1.25 bits per heavy atom. The van der Waals surface area contributed by atoms with E-state index in [1.54, 1.807) is 4.68 Å². The van der Waals surface area contributed by atoms with Crippen molar-refractivity contribution < 1.29 is 0 Å². The molecule has 0 aliphatic heterocycles. The molecule has 0 amide bonds. The Bertz CT molecular complexity index is 733. The molecule has 0 saturated heterocycles. The third-order valence-corrected chi connectivity index (χ3v) is 2.65. The van der Waals surface area contributed by atoms with Gasteiger partial charge in [-0.3, -0.25) is 4.68 Å². The van der Waals surface area contributed by atoms with Crippen LogP contribution >= 0.6 is 11.6 Å². The lowest BCUT2D eigenvalue weighted by Gasteiger charge is -2.05. The molecular formula is C10H10ClN9. The van der Waals surface area contributed by atoms with Crippen molar-refractivity contribution in [1.29, 1.82) is 0 Å². The number of halogens is 1. The summed E-state index contributed by atoms with van der Waals surface area (Å²) in [5.41, 5.74) is 1.62. The number of rotatable bonds is 3. The molecule has 3 rings (SSSR count). The van der Waals surface area contributed by atoms with Crippen molar-refractivity contribution in [2.24, 2.45) is 7.05 Å². The summed E-state index contributed by atoms with van der Waals surface area (Å²) in [6.07, 6.45) is 4.68. The normalized spacial score (nSPS) is 10.8. The molecule has 0 unspecified atom stereocenters. The maximum absolute atomic E-state index is 5.89. The first kappa shape index (κ1) is 12.5. The highest BCUT2D eigenvalue weighted by Crippen LogP contribution is 2.17. The number of hydrogen-bond donors (Lipinski definition) is 1. The van der Waals surface area contributed by atoms with E-state index < -0.39 is 0 Å². The Morgan fingerprint density at radius 2 is 2.10 bits per heavy atom. The summed E-state index contributed by atoms with van der Waals surface area (Å²) < 4.78 is 3.09. The maximum Gasteiger partial charge on any atom is 0.258 e. The summed E-state index contributed by atoms with van der Waals surface area (Å²) in [5, 5.41) is 11.3. The van der Waals surface area contributed by atoms with Gasteiger partial charge >= 0.3 is 0 Å². The van der Waals surface area contributed by atoms with Gasteiger partial charge < -0.3 is 5.32 Å². The van der Waals surface area contributed by atoms with Crippen LogP contribution in [0, 0.1) is 6.92 Å². The number of hydrogen-bond acceptors (Lipinski definition) is 7. The third-order valence-electron chi connectivity index (χ3n) is 2.48. The van der Waals surface area contributed by atoms with Gasteiger partial charge in [0, 0.05) is 13.2 Å². The van der Waals surface area contributed by atoms with Crippen LogP contribution in [-0.2, 0) is 7.05 Å². The summed E-state index contributed by atoms with van der Waals surface area (Å²) in [6, 6.07) is 0. The van der Waals surface area contributed by atoms with Crippen molar-refractivity contribution in [2.45, 2.75) is 6.92 Å². The second-order valence-electron chi connectivity index (χ2n) is 3.99. The molecule has 0 aliphatic rings. The Labute approximate surface area is 118 Å². The van der Waals surface area contributed by atoms with Gasteiger partial charge in [-0.15, -0.1) is 0 Å². The van der Waals surface area contributed by atoms with E-state index in [9.17, 15) is 0 Å². The van der Waals surface area contributed by atoms with Crippen molar-refractivity contribution in [3.8, 4) is 5.95 Å². The average molecular weight is 292 g/mol. The Hall–Kier alpha value is -2.55. The van der Waals surface area contributed by atoms with Crippen LogP contribution in [0.2, 0.25) is 5.28 Å². The fraction of sp³-hybridized carbons (Fsp3) is 0.200. The molecule has 3 aromatic heterocycles. The van der Waals surface area contributed by atoms with Gasteiger partial charge in [-0.1, -0.05) is 0 Å². The summed E-state index contributed by atoms with van der Waals surface area (Å²) in [4.78, 5) is 16.1. The second-order valence-corrected chi connectivity index (χ2v) is 4.33. The SMILES string of the molecule is Cc1nn(C)cc1Nc1nc(Cl)nc(-n2cncn2)n1. The minimum absolute atomic E-state index is 0.0644. The lowest BCUT2D eigenvalue weighted by molar-refractivity contribution is 0.756. The van der Waals surface area contributed by atoms with Crippen molar-refractivity contribution in [3.63, 3.8) is 0 Å². The molecule has 0 spiro atoms. The quantitative estimate of drug-likeness (QED) is 0.765. The summed E-state index contributed by atoms with van der Waals surface area (Å²) >= 11 is 5.89. The Kier molecular flexibility index (Phi) is 3.03. The molecule has 20 heavy (non-hydrogen) atoms. The summed E-state index contributed by atoms with van der Waals surface area (Å²) in [6.45, 7) is 1.88. The van der Waals surface area contributed by atoms with Gasteiger partial charge in [0.2, 0.25) is 11.2 Å². The zero-order chi connectivity index (χ0) is 14.1. The van der Waals surface area contributed by atoms with Gasteiger partial charge in [-0.05, 0) is 18.5 Å². The predicted octanol–water partition coefficient (Wildman–Crippen LogP) is 0.891. The molecule has 102 valence electrons. The third kappa shape index (κ3) is 2.43. The fourth-order valence-electron chi connectivity index (χ4n) is 1.65. The van der Waals surface area contributed by atoms with Crippen molar-refractivity contribution >= 4 is 23.2 Å². The highest BCUT2D eigenvalue weighted by atomic mass is 35.5. The van der Waals surface area contributed by atoms with Gasteiger partial charge in [-0.2, -0.15) is 29.8 Å². The summed E-state index contributed by atoms with van der Waals surface area (Å²) in [5.74, 6) is 0.596. The largest absolute Gasteiger partial charge is 0.321 e. The predicted molar refractivity (Wildman–Crippen MR) is 71.0 cm³/mol. The first-order valence-electron chi connectivity index (χ1n) is 5.65. The van der Waals surface area contributed by atoms with E-state index in [0.717, 1.165) is 11.4 Å². The first-order valence-corrected chi connectivity index (χ1v) is 6.03. The van der Waals surface area contributed by atoms with Gasteiger partial charge in [0.15, 0.2) is 0 Å². The fourth-order valence-corrected chi connectivity index (χ4v) is 1.81. The van der Waals surface area contributed by atoms with Gasteiger partial charge in [-0.25, -0.2) is 4.98 Å². The topological polar surface area (TPSA) is 99.2 Å². The van der Waals surface area contributed by atoms with Crippen molar-refractivity contribution in [1.82, 2.24) is 39.5 Å². The van der Waals surface area contributed by atoms with Crippen molar-refractivity contribution in [2.75, 3.05) is 5.32 Å². The van der Waals surface area contributed by atoms with E-state index in [0.29, 0.717) is 5.95 Å². The number of aromatic nitrogens is 8. The molecule has 1 N–H and O–H groups in total. The van der Waals surface area contributed by atoms with E-state index in [2.05, 4.69) is 35.5 Å². The lowest BCUT2D eigenvalue weighted by Crippen LogP contribution is -2.07. The minimum Gasteiger partial charge on any atom is -0.321 e. The zero-order valence-corrected chi connectivity index (χ0v) is 11.4. The zero-order valence-electron chi connectivity index (χ0n) is 10.7. The second kappa shape index (κ2) is 4.85. The van der Waals surface area contributed by atoms with Gasteiger partial charge in [0.25, 0.3) is 5.95 Å². The molecule has 3 heterocycles. The number of nitrogens with zero attached hydrogens (tertiary/aromatic N) is 8.